The zero-order chi connectivity index (χ0) is 5.61. The summed E-state index contributed by atoms with van der Waals surface area (Å²) in [6.07, 6.45) is 6.78. The fourth-order valence-electron chi connectivity index (χ4n) is 2.04. The molecule has 8 heavy (non-hydrogen) atoms. The molecule has 2 atom stereocenters. The summed E-state index contributed by atoms with van der Waals surface area (Å²) in [6, 6.07) is 0. The van der Waals surface area contributed by atoms with Crippen LogP contribution in [0.2, 0.25) is 0 Å². The minimum atomic E-state index is 0.306. The van der Waals surface area contributed by atoms with E-state index in [1.807, 2.05) is 0 Å². The molecule has 0 nitrogen and oxygen atoms in total. The van der Waals surface area contributed by atoms with Crippen LogP contribution in [0.25, 0.3) is 0 Å². The summed E-state index contributed by atoms with van der Waals surface area (Å²) in [5, 5.41) is 0. The van der Waals surface area contributed by atoms with E-state index in [1.54, 1.807) is 0 Å². The van der Waals surface area contributed by atoms with E-state index in [0.717, 1.165) is 5.92 Å². The molecular weight excluding hydrogens is 120 g/mol. The van der Waals surface area contributed by atoms with Gasteiger partial charge in [-0.2, -0.15) is 0 Å². The third-order valence-electron chi connectivity index (χ3n) is 2.79. The zero-order valence-corrected chi connectivity index (χ0v) is 5.75. The topological polar surface area (TPSA) is 0 Å². The van der Waals surface area contributed by atoms with E-state index in [4.69, 9.17) is 11.6 Å². The SMILES string of the molecule is ClC12CCCC1CC2. The van der Waals surface area contributed by atoms with Gasteiger partial charge in [0, 0.05) is 4.87 Å². The van der Waals surface area contributed by atoms with Crippen molar-refractivity contribution in [1.29, 1.82) is 0 Å². The Morgan fingerprint density at radius 3 is 2.38 bits per heavy atom. The molecule has 2 unspecified atom stereocenters. The smallest absolute Gasteiger partial charge is 0.0475 e. The van der Waals surface area contributed by atoms with Gasteiger partial charge in [0.2, 0.25) is 0 Å². The van der Waals surface area contributed by atoms with Crippen LogP contribution >= 0.6 is 11.6 Å². The van der Waals surface area contributed by atoms with Crippen LogP contribution in [0.4, 0.5) is 0 Å². The first kappa shape index (κ1) is 5.10. The molecule has 0 spiro atoms. The van der Waals surface area contributed by atoms with E-state index < -0.39 is 0 Å². The van der Waals surface area contributed by atoms with E-state index in [9.17, 15) is 0 Å². The van der Waals surface area contributed by atoms with Crippen molar-refractivity contribution in [3.63, 3.8) is 0 Å². The highest BCUT2D eigenvalue weighted by Crippen LogP contribution is 2.54. The van der Waals surface area contributed by atoms with Gasteiger partial charge in [-0.3, -0.25) is 0 Å². The molecule has 2 rings (SSSR count). The van der Waals surface area contributed by atoms with Gasteiger partial charge in [0.1, 0.15) is 0 Å². The van der Waals surface area contributed by atoms with Crippen LogP contribution in [-0.2, 0) is 0 Å². The molecule has 1 heteroatoms. The van der Waals surface area contributed by atoms with Crippen molar-refractivity contribution in [3.05, 3.63) is 0 Å². The minimum absolute atomic E-state index is 0.306. The Morgan fingerprint density at radius 2 is 2.12 bits per heavy atom. The van der Waals surface area contributed by atoms with Gasteiger partial charge in [-0.1, -0.05) is 6.42 Å². The van der Waals surface area contributed by atoms with Crippen molar-refractivity contribution in [2.75, 3.05) is 0 Å². The Bertz CT molecular complexity index is 111. The number of hydrogen-bond donors (Lipinski definition) is 0. The molecule has 0 aromatic carbocycles. The summed E-state index contributed by atoms with van der Waals surface area (Å²) in [4.78, 5) is 0.306. The molecule has 2 fully saturated rings. The first-order chi connectivity index (χ1) is 3.81. The van der Waals surface area contributed by atoms with E-state index in [-0.39, 0.29) is 0 Å². The lowest BCUT2D eigenvalue weighted by atomic mass is 9.75. The molecular formula is C7H11Cl. The Hall–Kier alpha value is 0.290. The quantitative estimate of drug-likeness (QED) is 0.442. The largest absolute Gasteiger partial charge is 0.119 e. The second-order valence-corrected chi connectivity index (χ2v) is 3.92. The van der Waals surface area contributed by atoms with Gasteiger partial charge < -0.3 is 0 Å². The minimum Gasteiger partial charge on any atom is -0.119 e. The van der Waals surface area contributed by atoms with Crippen molar-refractivity contribution in [3.8, 4) is 0 Å². The lowest BCUT2D eigenvalue weighted by Crippen LogP contribution is -2.36. The van der Waals surface area contributed by atoms with E-state index in [0.29, 0.717) is 4.87 Å². The van der Waals surface area contributed by atoms with Crippen molar-refractivity contribution in [2.24, 2.45) is 5.92 Å². The van der Waals surface area contributed by atoms with Crippen LogP contribution in [0, 0.1) is 5.92 Å². The van der Waals surface area contributed by atoms with E-state index in [1.165, 1.54) is 32.1 Å². The second-order valence-electron chi connectivity index (χ2n) is 3.16. The van der Waals surface area contributed by atoms with Gasteiger partial charge in [0.25, 0.3) is 0 Å². The maximum absolute atomic E-state index is 6.20. The predicted molar refractivity (Wildman–Crippen MR) is 35.2 cm³/mol. The third kappa shape index (κ3) is 0.473. The highest BCUT2D eigenvalue weighted by atomic mass is 35.5. The van der Waals surface area contributed by atoms with Crippen molar-refractivity contribution >= 4 is 11.6 Å². The summed E-state index contributed by atoms with van der Waals surface area (Å²) < 4.78 is 0. The molecule has 0 radical (unpaired) electrons. The van der Waals surface area contributed by atoms with Crippen LogP contribution in [0.3, 0.4) is 0 Å². The molecule has 0 bridgehead atoms. The summed E-state index contributed by atoms with van der Waals surface area (Å²) in [7, 11) is 0. The highest BCUT2D eigenvalue weighted by molar-refractivity contribution is 6.24. The van der Waals surface area contributed by atoms with Gasteiger partial charge in [-0.15, -0.1) is 11.6 Å². The van der Waals surface area contributed by atoms with Gasteiger partial charge >= 0.3 is 0 Å². The van der Waals surface area contributed by atoms with Gasteiger partial charge in [-0.05, 0) is 31.6 Å². The molecule has 2 aliphatic carbocycles. The van der Waals surface area contributed by atoms with Crippen molar-refractivity contribution < 1.29 is 0 Å². The number of alkyl halides is 1. The lowest BCUT2D eigenvalue weighted by molar-refractivity contribution is 0.251. The van der Waals surface area contributed by atoms with Gasteiger partial charge in [0.15, 0.2) is 0 Å². The molecule has 2 saturated carbocycles. The average molecular weight is 131 g/mol. The first-order valence-corrected chi connectivity index (χ1v) is 3.88. The third-order valence-corrected chi connectivity index (χ3v) is 3.47. The molecule has 0 aromatic heterocycles. The van der Waals surface area contributed by atoms with Crippen LogP contribution < -0.4 is 0 Å². The standard InChI is InChI=1S/C7H11Cl/c8-7-4-1-2-6(7)3-5-7/h6H,1-5H2. The molecule has 46 valence electrons. The number of hydrogen-bond acceptors (Lipinski definition) is 0. The number of fused-ring (bicyclic) bond motifs is 1. The zero-order valence-electron chi connectivity index (χ0n) is 4.99. The van der Waals surface area contributed by atoms with Crippen LogP contribution in [0.1, 0.15) is 32.1 Å². The number of halogens is 1. The summed E-state index contributed by atoms with van der Waals surface area (Å²) >= 11 is 6.20. The van der Waals surface area contributed by atoms with Crippen LogP contribution in [0.5, 0.6) is 0 Å². The number of rotatable bonds is 0. The van der Waals surface area contributed by atoms with Crippen molar-refractivity contribution in [1.82, 2.24) is 0 Å². The molecule has 0 heterocycles. The Balaban J connectivity index is 2.14. The normalized spacial score (nSPS) is 52.9. The van der Waals surface area contributed by atoms with E-state index in [2.05, 4.69) is 0 Å². The fourth-order valence-corrected chi connectivity index (χ4v) is 2.50. The highest BCUT2D eigenvalue weighted by Gasteiger charge is 2.47. The molecule has 0 aromatic rings. The second kappa shape index (κ2) is 1.41. The maximum atomic E-state index is 6.20. The van der Waals surface area contributed by atoms with Crippen LogP contribution in [-0.4, -0.2) is 4.87 Å². The molecule has 2 aliphatic rings. The Kier molecular flexibility index (Phi) is 0.901. The summed E-state index contributed by atoms with van der Waals surface area (Å²) in [5.74, 6) is 0.907. The first-order valence-electron chi connectivity index (χ1n) is 3.50. The molecule has 0 saturated heterocycles. The average Bonchev–Trinajstić information content (AvgIpc) is 1.94. The molecule has 0 aliphatic heterocycles. The van der Waals surface area contributed by atoms with Crippen molar-refractivity contribution in [2.45, 2.75) is 37.0 Å². The summed E-state index contributed by atoms with van der Waals surface area (Å²) in [5.41, 5.74) is 0. The maximum Gasteiger partial charge on any atom is 0.0475 e. The van der Waals surface area contributed by atoms with Gasteiger partial charge in [0.05, 0.1) is 0 Å². The molecule has 0 N–H and O–H groups in total. The monoisotopic (exact) mass is 130 g/mol. The van der Waals surface area contributed by atoms with Gasteiger partial charge in [-0.25, -0.2) is 0 Å². The Morgan fingerprint density at radius 1 is 1.25 bits per heavy atom. The predicted octanol–water partition coefficient (Wildman–Crippen LogP) is 2.56. The lowest BCUT2D eigenvalue weighted by Gasteiger charge is -2.39. The van der Waals surface area contributed by atoms with Crippen LogP contribution in [0.15, 0.2) is 0 Å². The molecule has 0 amide bonds. The fraction of sp³-hybridized carbons (Fsp3) is 1.00. The Labute approximate surface area is 55.2 Å². The summed E-state index contributed by atoms with van der Waals surface area (Å²) in [6.45, 7) is 0. The van der Waals surface area contributed by atoms with E-state index >= 15 is 0 Å².